The van der Waals surface area contributed by atoms with Crippen molar-refractivity contribution in [1.82, 2.24) is 20.1 Å². The molecule has 174 valence electrons. The van der Waals surface area contributed by atoms with Gasteiger partial charge in [-0.05, 0) is 54.4 Å². The fourth-order valence-electron chi connectivity index (χ4n) is 3.08. The van der Waals surface area contributed by atoms with E-state index >= 15 is 0 Å². The second kappa shape index (κ2) is 11.0. The van der Waals surface area contributed by atoms with Crippen molar-refractivity contribution in [3.05, 3.63) is 65.7 Å². The normalized spacial score (nSPS) is 11.8. The Bertz CT molecular complexity index is 1100. The molecule has 0 bridgehead atoms. The van der Waals surface area contributed by atoms with Crippen molar-refractivity contribution < 1.29 is 18.7 Å². The summed E-state index contributed by atoms with van der Waals surface area (Å²) in [5, 5.41) is 14.7. The Hall–Kier alpha value is -3.40. The molecule has 10 heteroatoms. The van der Waals surface area contributed by atoms with E-state index in [4.69, 9.17) is 4.74 Å². The summed E-state index contributed by atoms with van der Waals surface area (Å²) in [6.07, 6.45) is 0. The first-order valence-corrected chi connectivity index (χ1v) is 11.3. The SMILES string of the molecule is COc1ccc(C(=O)N[C@@H](c2nnc(SCC(=O)Nc3ccc(F)cc3)n2C)C(C)C)cc1. The number of ether oxygens (including phenoxy) is 1. The monoisotopic (exact) mass is 471 g/mol. The van der Waals surface area contributed by atoms with Gasteiger partial charge in [-0.3, -0.25) is 9.59 Å². The zero-order chi connectivity index (χ0) is 24.0. The molecule has 0 radical (unpaired) electrons. The van der Waals surface area contributed by atoms with Gasteiger partial charge >= 0.3 is 0 Å². The molecule has 33 heavy (non-hydrogen) atoms. The van der Waals surface area contributed by atoms with E-state index < -0.39 is 0 Å². The largest absolute Gasteiger partial charge is 0.497 e. The van der Waals surface area contributed by atoms with Gasteiger partial charge in [0.25, 0.3) is 5.91 Å². The number of hydrogen-bond acceptors (Lipinski definition) is 6. The molecule has 0 unspecified atom stereocenters. The number of amides is 2. The van der Waals surface area contributed by atoms with Crippen LogP contribution in [0.25, 0.3) is 0 Å². The van der Waals surface area contributed by atoms with Crippen LogP contribution in [0.5, 0.6) is 5.75 Å². The molecule has 3 aromatic rings. The van der Waals surface area contributed by atoms with E-state index in [1.54, 1.807) is 43.0 Å². The lowest BCUT2D eigenvalue weighted by atomic mass is 10.0. The molecular formula is C23H26FN5O3S. The molecule has 0 aliphatic carbocycles. The predicted octanol–water partition coefficient (Wildman–Crippen LogP) is 3.82. The van der Waals surface area contributed by atoms with Crippen LogP contribution in [0.2, 0.25) is 0 Å². The van der Waals surface area contributed by atoms with Gasteiger partial charge in [0.1, 0.15) is 11.6 Å². The molecule has 0 spiro atoms. The van der Waals surface area contributed by atoms with Crippen LogP contribution in [-0.2, 0) is 11.8 Å². The molecule has 0 fully saturated rings. The molecule has 2 amide bonds. The number of anilines is 1. The second-order valence-corrected chi connectivity index (χ2v) is 8.61. The maximum atomic E-state index is 13.0. The van der Waals surface area contributed by atoms with E-state index in [2.05, 4.69) is 20.8 Å². The van der Waals surface area contributed by atoms with Crippen LogP contribution in [0.4, 0.5) is 10.1 Å². The number of benzene rings is 2. The van der Waals surface area contributed by atoms with Crippen molar-refractivity contribution in [2.24, 2.45) is 13.0 Å². The highest BCUT2D eigenvalue weighted by Gasteiger charge is 2.25. The van der Waals surface area contributed by atoms with Gasteiger partial charge in [0.2, 0.25) is 5.91 Å². The lowest BCUT2D eigenvalue weighted by Crippen LogP contribution is -2.33. The van der Waals surface area contributed by atoms with Crippen LogP contribution < -0.4 is 15.4 Å². The summed E-state index contributed by atoms with van der Waals surface area (Å²) in [4.78, 5) is 25.0. The van der Waals surface area contributed by atoms with Crippen molar-refractivity contribution in [2.45, 2.75) is 25.0 Å². The van der Waals surface area contributed by atoms with Gasteiger partial charge in [-0.2, -0.15) is 0 Å². The summed E-state index contributed by atoms with van der Waals surface area (Å²) in [6.45, 7) is 3.97. The third kappa shape index (κ3) is 6.32. The Morgan fingerprint density at radius 2 is 1.76 bits per heavy atom. The Balaban J connectivity index is 1.65. The van der Waals surface area contributed by atoms with Crippen molar-refractivity contribution in [3.8, 4) is 5.75 Å². The lowest BCUT2D eigenvalue weighted by Gasteiger charge is -2.21. The number of thioether (sulfide) groups is 1. The zero-order valence-electron chi connectivity index (χ0n) is 18.8. The van der Waals surface area contributed by atoms with Crippen LogP contribution >= 0.6 is 11.8 Å². The number of rotatable bonds is 9. The molecule has 1 heterocycles. The number of nitrogens with zero attached hydrogens (tertiary/aromatic N) is 3. The fraction of sp³-hybridized carbons (Fsp3) is 0.304. The van der Waals surface area contributed by atoms with E-state index in [1.807, 2.05) is 13.8 Å². The molecule has 2 aromatic carbocycles. The predicted molar refractivity (Wildman–Crippen MR) is 125 cm³/mol. The van der Waals surface area contributed by atoms with Crippen molar-refractivity contribution in [1.29, 1.82) is 0 Å². The molecule has 1 atom stereocenters. The van der Waals surface area contributed by atoms with Crippen LogP contribution in [0.1, 0.15) is 36.1 Å². The van der Waals surface area contributed by atoms with Gasteiger partial charge in [-0.1, -0.05) is 25.6 Å². The minimum atomic E-state index is -0.375. The van der Waals surface area contributed by atoms with E-state index in [0.717, 1.165) is 0 Å². The van der Waals surface area contributed by atoms with Gasteiger partial charge in [0, 0.05) is 18.3 Å². The molecule has 0 aliphatic heterocycles. The Morgan fingerprint density at radius 3 is 2.36 bits per heavy atom. The smallest absolute Gasteiger partial charge is 0.251 e. The Morgan fingerprint density at radius 1 is 1.09 bits per heavy atom. The van der Waals surface area contributed by atoms with Crippen LogP contribution in [0, 0.1) is 11.7 Å². The maximum Gasteiger partial charge on any atom is 0.251 e. The number of carbonyl (C=O) groups is 2. The molecule has 0 saturated heterocycles. The molecule has 0 aliphatic rings. The highest BCUT2D eigenvalue weighted by Crippen LogP contribution is 2.25. The molecule has 0 saturated carbocycles. The van der Waals surface area contributed by atoms with Gasteiger partial charge in [-0.25, -0.2) is 4.39 Å². The summed E-state index contributed by atoms with van der Waals surface area (Å²) in [5.41, 5.74) is 1.03. The van der Waals surface area contributed by atoms with Crippen molar-refractivity contribution in [2.75, 3.05) is 18.2 Å². The fourth-order valence-corrected chi connectivity index (χ4v) is 3.80. The Kier molecular flexibility index (Phi) is 8.05. The molecule has 3 rings (SSSR count). The van der Waals surface area contributed by atoms with Gasteiger partial charge in [0.05, 0.1) is 18.9 Å². The molecular weight excluding hydrogens is 445 g/mol. The average Bonchev–Trinajstić information content (AvgIpc) is 3.17. The first-order valence-electron chi connectivity index (χ1n) is 10.3. The second-order valence-electron chi connectivity index (χ2n) is 7.67. The molecule has 2 N–H and O–H groups in total. The first-order chi connectivity index (χ1) is 15.8. The third-order valence-electron chi connectivity index (χ3n) is 4.91. The van der Waals surface area contributed by atoms with E-state index in [9.17, 15) is 14.0 Å². The lowest BCUT2D eigenvalue weighted by molar-refractivity contribution is -0.113. The number of aromatic nitrogens is 3. The van der Waals surface area contributed by atoms with Gasteiger partial charge in [-0.15, -0.1) is 10.2 Å². The summed E-state index contributed by atoms with van der Waals surface area (Å²) >= 11 is 1.22. The van der Waals surface area contributed by atoms with Gasteiger partial charge < -0.3 is 19.9 Å². The number of halogens is 1. The van der Waals surface area contributed by atoms with Crippen molar-refractivity contribution in [3.63, 3.8) is 0 Å². The zero-order valence-corrected chi connectivity index (χ0v) is 19.6. The highest BCUT2D eigenvalue weighted by atomic mass is 32.2. The third-order valence-corrected chi connectivity index (χ3v) is 5.93. The van der Waals surface area contributed by atoms with Crippen LogP contribution in [-0.4, -0.2) is 39.4 Å². The summed E-state index contributed by atoms with van der Waals surface area (Å²) < 4.78 is 19.9. The summed E-state index contributed by atoms with van der Waals surface area (Å²) in [5.74, 6) is 0.575. The number of nitrogens with one attached hydrogen (secondary N) is 2. The van der Waals surface area contributed by atoms with E-state index in [-0.39, 0.29) is 35.3 Å². The molecule has 1 aromatic heterocycles. The van der Waals surface area contributed by atoms with Crippen LogP contribution in [0.15, 0.2) is 53.7 Å². The van der Waals surface area contributed by atoms with Crippen LogP contribution in [0.3, 0.4) is 0 Å². The number of methoxy groups -OCH3 is 1. The number of hydrogen-bond donors (Lipinski definition) is 2. The molecule has 8 nitrogen and oxygen atoms in total. The summed E-state index contributed by atoms with van der Waals surface area (Å²) in [7, 11) is 3.37. The standard InChI is InChI=1S/C23H26FN5O3S/c1-14(2)20(26-22(31)15-5-11-18(32-4)12-6-15)21-27-28-23(29(21)3)33-13-19(30)25-17-9-7-16(24)8-10-17/h5-12,14,20H,13H2,1-4H3,(H,25,30)(H,26,31)/t20-/m1/s1. The minimum Gasteiger partial charge on any atom is -0.497 e. The average molecular weight is 472 g/mol. The minimum absolute atomic E-state index is 0.0507. The first kappa shape index (κ1) is 24.2. The maximum absolute atomic E-state index is 13.0. The summed E-state index contributed by atoms with van der Waals surface area (Å²) in [6, 6.07) is 12.0. The van der Waals surface area contributed by atoms with Crippen molar-refractivity contribution >= 4 is 29.3 Å². The number of carbonyl (C=O) groups excluding carboxylic acids is 2. The quantitative estimate of drug-likeness (QED) is 0.461. The Labute approximate surface area is 195 Å². The topological polar surface area (TPSA) is 98.1 Å². The van der Waals surface area contributed by atoms with Gasteiger partial charge in [0.15, 0.2) is 11.0 Å². The highest BCUT2D eigenvalue weighted by molar-refractivity contribution is 7.99. The van der Waals surface area contributed by atoms with E-state index in [1.165, 1.54) is 36.0 Å². The van der Waals surface area contributed by atoms with E-state index in [0.29, 0.717) is 28.0 Å².